The fourth-order valence-electron chi connectivity index (χ4n) is 2.64. The number of benzene rings is 1. The maximum Gasteiger partial charge on any atom is 0.450 e. The fourth-order valence-corrected chi connectivity index (χ4v) is 2.64. The summed E-state index contributed by atoms with van der Waals surface area (Å²) < 4.78 is 40.6. The maximum absolute atomic E-state index is 12.1. The Morgan fingerprint density at radius 1 is 0.926 bits per heavy atom. The van der Waals surface area contributed by atoms with Crippen LogP contribution in [0, 0.1) is 0 Å². The van der Waals surface area contributed by atoms with Gasteiger partial charge >= 0.3 is 12.1 Å². The Kier molecular flexibility index (Phi) is 6.70. The molecule has 0 saturated heterocycles. The van der Waals surface area contributed by atoms with E-state index in [0.29, 0.717) is 36.8 Å². The lowest BCUT2D eigenvalue weighted by Crippen LogP contribution is -2.30. The molecule has 0 aliphatic carbocycles. The molecule has 27 heavy (non-hydrogen) atoms. The quantitative estimate of drug-likeness (QED) is 0.283. The van der Waals surface area contributed by atoms with Gasteiger partial charge in [-0.25, -0.2) is 0 Å². The highest BCUT2D eigenvalue weighted by Crippen LogP contribution is 2.23. The third-order valence-corrected chi connectivity index (χ3v) is 4.04. The van der Waals surface area contributed by atoms with Crippen LogP contribution in [0.2, 0.25) is 0 Å². The molecule has 6 nitrogen and oxygen atoms in total. The van der Waals surface area contributed by atoms with Crippen LogP contribution in [0.4, 0.5) is 13.2 Å². The second-order valence-corrected chi connectivity index (χ2v) is 6.04. The smallest absolute Gasteiger partial charge is 0.450 e. The van der Waals surface area contributed by atoms with E-state index in [1.807, 2.05) is 0 Å². The number of ketones is 1. The number of amides is 2. The van der Waals surface area contributed by atoms with Crippen molar-refractivity contribution in [1.82, 2.24) is 4.90 Å². The van der Waals surface area contributed by atoms with Crippen LogP contribution in [0.25, 0.3) is 0 Å². The van der Waals surface area contributed by atoms with Crippen molar-refractivity contribution in [2.24, 2.45) is 0 Å². The van der Waals surface area contributed by atoms with Gasteiger partial charge in [-0.2, -0.15) is 13.2 Å². The number of imide groups is 1. The minimum Gasteiger partial charge on any atom is -0.465 e. The van der Waals surface area contributed by atoms with E-state index in [0.717, 1.165) is 0 Å². The van der Waals surface area contributed by atoms with Crippen LogP contribution in [-0.2, 0) is 14.3 Å². The molecular weight excluding hydrogens is 367 g/mol. The van der Waals surface area contributed by atoms with Crippen molar-refractivity contribution >= 4 is 23.6 Å². The van der Waals surface area contributed by atoms with E-state index in [2.05, 4.69) is 4.74 Å². The lowest BCUT2D eigenvalue weighted by molar-refractivity contribution is -0.174. The monoisotopic (exact) mass is 385 g/mol. The molecule has 0 saturated carbocycles. The highest BCUT2D eigenvalue weighted by Gasteiger charge is 2.39. The van der Waals surface area contributed by atoms with Crippen molar-refractivity contribution in [3.05, 3.63) is 35.4 Å². The van der Waals surface area contributed by atoms with E-state index >= 15 is 0 Å². The number of fused-ring (bicyclic) bond motifs is 1. The normalized spacial score (nSPS) is 13.7. The van der Waals surface area contributed by atoms with E-state index in [4.69, 9.17) is 0 Å². The number of Topliss-reactive ketones (excluding diaryl/α,β-unsaturated/α-hetero) is 1. The number of carbonyl (C=O) groups excluding carboxylic acids is 4. The van der Waals surface area contributed by atoms with Crippen LogP contribution < -0.4 is 0 Å². The summed E-state index contributed by atoms with van der Waals surface area (Å²) in [5.41, 5.74) is 0.783. The Balaban J connectivity index is 1.60. The van der Waals surface area contributed by atoms with Crippen molar-refractivity contribution in [3.63, 3.8) is 0 Å². The summed E-state index contributed by atoms with van der Waals surface area (Å²) in [6.07, 6.45) is -4.14. The van der Waals surface area contributed by atoms with E-state index in [1.165, 1.54) is 4.90 Å². The number of halogens is 3. The van der Waals surface area contributed by atoms with Crippen molar-refractivity contribution in [1.29, 1.82) is 0 Å². The Labute approximate surface area is 153 Å². The highest BCUT2D eigenvalue weighted by molar-refractivity contribution is 6.21. The average Bonchev–Trinajstić information content (AvgIpc) is 2.85. The van der Waals surface area contributed by atoms with Gasteiger partial charge in [-0.1, -0.05) is 18.6 Å². The van der Waals surface area contributed by atoms with Crippen LogP contribution in [0.5, 0.6) is 0 Å². The largest absolute Gasteiger partial charge is 0.465 e. The molecule has 0 atom stereocenters. The first-order valence-corrected chi connectivity index (χ1v) is 8.42. The second-order valence-electron chi connectivity index (χ2n) is 6.04. The number of alkyl halides is 3. The molecule has 1 aliphatic rings. The van der Waals surface area contributed by atoms with Gasteiger partial charge in [0.15, 0.2) is 0 Å². The SMILES string of the molecule is O=C(CC(=O)C(F)(F)F)OCCCCCCN1C(=O)c2ccccc2C1=O. The first-order valence-electron chi connectivity index (χ1n) is 8.42. The fraction of sp³-hybridized carbons (Fsp3) is 0.444. The summed E-state index contributed by atoms with van der Waals surface area (Å²) in [5.74, 6) is -3.98. The highest BCUT2D eigenvalue weighted by atomic mass is 19.4. The van der Waals surface area contributed by atoms with Crippen molar-refractivity contribution < 1.29 is 37.1 Å². The third-order valence-electron chi connectivity index (χ3n) is 4.04. The van der Waals surface area contributed by atoms with Crippen molar-refractivity contribution in [2.45, 2.75) is 38.3 Å². The van der Waals surface area contributed by atoms with Gasteiger partial charge in [0.05, 0.1) is 17.7 Å². The second kappa shape index (κ2) is 8.79. The van der Waals surface area contributed by atoms with Gasteiger partial charge in [0, 0.05) is 6.54 Å². The molecule has 0 unspecified atom stereocenters. The van der Waals surface area contributed by atoms with Gasteiger partial charge in [-0.3, -0.25) is 24.1 Å². The number of unbranched alkanes of at least 4 members (excludes halogenated alkanes) is 3. The first-order chi connectivity index (χ1) is 12.7. The molecule has 1 aliphatic heterocycles. The molecule has 1 aromatic rings. The van der Waals surface area contributed by atoms with Gasteiger partial charge in [-0.15, -0.1) is 0 Å². The molecule has 146 valence electrons. The van der Waals surface area contributed by atoms with Gasteiger partial charge in [0.25, 0.3) is 11.8 Å². The van der Waals surface area contributed by atoms with Gasteiger partial charge < -0.3 is 4.74 Å². The summed E-state index contributed by atoms with van der Waals surface area (Å²) >= 11 is 0. The van der Waals surface area contributed by atoms with Gasteiger partial charge in [0.2, 0.25) is 5.78 Å². The minimum atomic E-state index is -5.04. The number of rotatable bonds is 9. The van der Waals surface area contributed by atoms with Crippen molar-refractivity contribution in [2.75, 3.05) is 13.2 Å². The number of hydrogen-bond donors (Lipinski definition) is 0. The van der Waals surface area contributed by atoms with Crippen molar-refractivity contribution in [3.8, 4) is 0 Å². The first kappa shape index (κ1) is 20.6. The third kappa shape index (κ3) is 5.38. The molecule has 0 spiro atoms. The van der Waals surface area contributed by atoms with Crippen LogP contribution >= 0.6 is 0 Å². The molecule has 9 heteroatoms. The van der Waals surface area contributed by atoms with E-state index in [1.54, 1.807) is 24.3 Å². The summed E-state index contributed by atoms with van der Waals surface area (Å²) in [7, 11) is 0. The number of carbonyl (C=O) groups is 4. The zero-order chi connectivity index (χ0) is 20.0. The molecular formula is C18H18F3NO5. The van der Waals surface area contributed by atoms with Crippen LogP contribution in [0.1, 0.15) is 52.8 Å². The summed E-state index contributed by atoms with van der Waals surface area (Å²) in [5, 5.41) is 0. The zero-order valence-corrected chi connectivity index (χ0v) is 14.4. The molecule has 2 amide bonds. The average molecular weight is 385 g/mol. The number of esters is 1. The van der Waals surface area contributed by atoms with Crippen LogP contribution in [-0.4, -0.2) is 47.8 Å². The summed E-state index contributed by atoms with van der Waals surface area (Å²) in [4.78, 5) is 47.2. The van der Waals surface area contributed by atoms with Gasteiger partial charge in [-0.05, 0) is 31.4 Å². The summed E-state index contributed by atoms with van der Waals surface area (Å²) in [6.45, 7) is 0.184. The molecule has 0 N–H and O–H groups in total. The molecule has 1 aromatic carbocycles. The minimum absolute atomic E-state index is 0.0863. The van der Waals surface area contributed by atoms with E-state index in [-0.39, 0.29) is 25.0 Å². The topological polar surface area (TPSA) is 80.8 Å². The molecule has 1 heterocycles. The van der Waals surface area contributed by atoms with E-state index < -0.39 is 24.3 Å². The molecule has 0 radical (unpaired) electrons. The molecule has 0 fully saturated rings. The Morgan fingerprint density at radius 2 is 1.48 bits per heavy atom. The lowest BCUT2D eigenvalue weighted by atomic mass is 10.1. The molecule has 0 aromatic heterocycles. The number of ether oxygens (including phenoxy) is 1. The molecule has 2 rings (SSSR count). The maximum atomic E-state index is 12.1. The standard InChI is InChI=1S/C18H18F3NO5/c19-18(20,21)14(23)11-15(24)27-10-6-2-1-5-9-22-16(25)12-7-3-4-8-13(12)17(22)26/h3-4,7-8H,1-2,5-6,9-11H2. The Hall–Kier alpha value is -2.71. The van der Waals surface area contributed by atoms with Crippen LogP contribution in [0.3, 0.4) is 0 Å². The summed E-state index contributed by atoms with van der Waals surface area (Å²) in [6, 6.07) is 6.59. The predicted octanol–water partition coefficient (Wildman–Crippen LogP) is 2.91. The Bertz CT molecular complexity index is 710. The lowest BCUT2D eigenvalue weighted by Gasteiger charge is -2.13. The molecule has 0 bridgehead atoms. The zero-order valence-electron chi connectivity index (χ0n) is 14.4. The number of hydrogen-bond acceptors (Lipinski definition) is 5. The Morgan fingerprint density at radius 3 is 2.04 bits per heavy atom. The van der Waals surface area contributed by atoms with Gasteiger partial charge in [0.1, 0.15) is 6.42 Å². The van der Waals surface area contributed by atoms with E-state index in [9.17, 15) is 32.3 Å². The predicted molar refractivity (Wildman–Crippen MR) is 86.9 cm³/mol. The number of nitrogens with zero attached hydrogens (tertiary/aromatic N) is 1. The van der Waals surface area contributed by atoms with Crippen LogP contribution in [0.15, 0.2) is 24.3 Å².